The zero-order chi connectivity index (χ0) is 30.3. The molecule has 0 radical (unpaired) electrons. The van der Waals surface area contributed by atoms with E-state index in [0.717, 1.165) is 17.4 Å². The Bertz CT molecular complexity index is 1730. The first kappa shape index (κ1) is 29.7. The number of aromatic nitrogens is 3. The first-order chi connectivity index (χ1) is 19.9. The number of thiophene rings is 1. The topological polar surface area (TPSA) is 143 Å². The minimum Gasteiger partial charge on any atom is -0.496 e. The first-order valence-electron chi connectivity index (χ1n) is 13.9. The molecule has 0 aliphatic heterocycles. The first-order valence-corrected chi connectivity index (χ1v) is 14.8. The van der Waals surface area contributed by atoms with Gasteiger partial charge in [-0.2, -0.15) is 0 Å². The number of methoxy groups -OCH3 is 1. The molecule has 0 unspecified atom stereocenters. The molecule has 1 aliphatic rings. The Labute approximate surface area is 245 Å². The third kappa shape index (κ3) is 5.29. The minimum absolute atomic E-state index is 0.0777. The molecule has 1 fully saturated rings. The number of hydrogen-bond acceptors (Lipinski definition) is 8. The Morgan fingerprint density at radius 2 is 2.00 bits per heavy atom. The van der Waals surface area contributed by atoms with E-state index in [1.165, 1.54) is 61.5 Å². The number of carbonyl (C=O) groups is 1. The van der Waals surface area contributed by atoms with Crippen LogP contribution in [-0.4, -0.2) is 38.3 Å². The molecule has 10 nitrogen and oxygen atoms in total. The van der Waals surface area contributed by atoms with Crippen molar-refractivity contribution in [3.05, 3.63) is 68.4 Å². The lowest BCUT2D eigenvalue weighted by Crippen LogP contribution is -2.54. The van der Waals surface area contributed by atoms with Gasteiger partial charge in [-0.3, -0.25) is 14.2 Å². The van der Waals surface area contributed by atoms with Crippen molar-refractivity contribution in [3.63, 3.8) is 0 Å². The number of rotatable bonds is 9. The highest BCUT2D eigenvalue weighted by molar-refractivity contribution is 7.22. The fourth-order valence-corrected chi connectivity index (χ4v) is 7.22. The summed E-state index contributed by atoms with van der Waals surface area (Å²) in [5.74, 6) is -0.666. The number of halogens is 1. The maximum atomic E-state index is 14.7. The predicted molar refractivity (Wildman–Crippen MR) is 157 cm³/mol. The van der Waals surface area contributed by atoms with E-state index in [9.17, 15) is 23.9 Å². The lowest BCUT2D eigenvalue weighted by atomic mass is 9.79. The van der Waals surface area contributed by atoms with Crippen molar-refractivity contribution >= 4 is 27.5 Å². The molecule has 1 saturated carbocycles. The molecule has 12 heteroatoms. The van der Waals surface area contributed by atoms with E-state index < -0.39 is 34.4 Å². The highest BCUT2D eigenvalue weighted by atomic mass is 32.1. The van der Waals surface area contributed by atoms with E-state index in [-0.39, 0.29) is 24.0 Å². The van der Waals surface area contributed by atoms with Crippen LogP contribution in [0.2, 0.25) is 0 Å². The fourth-order valence-electron chi connectivity index (χ4n) is 5.98. The molecule has 0 bridgehead atoms. The molecule has 0 spiro atoms. The molecule has 224 valence electrons. The van der Waals surface area contributed by atoms with Crippen LogP contribution in [0.4, 0.5) is 4.39 Å². The summed E-state index contributed by atoms with van der Waals surface area (Å²) >= 11 is 1.20. The molecule has 1 atom stereocenters. The van der Waals surface area contributed by atoms with Gasteiger partial charge in [0.2, 0.25) is 11.8 Å². The van der Waals surface area contributed by atoms with Crippen LogP contribution in [0.1, 0.15) is 63.0 Å². The zero-order valence-corrected chi connectivity index (χ0v) is 24.9. The van der Waals surface area contributed by atoms with Crippen molar-refractivity contribution in [2.45, 2.75) is 77.0 Å². The number of hydrogen-bond donors (Lipinski definition) is 2. The third-order valence-corrected chi connectivity index (χ3v) is 9.77. The largest absolute Gasteiger partial charge is 0.496 e. The van der Waals surface area contributed by atoms with Gasteiger partial charge >= 0.3 is 5.69 Å². The summed E-state index contributed by atoms with van der Waals surface area (Å²) in [6.07, 6.45) is 6.10. The van der Waals surface area contributed by atoms with Gasteiger partial charge in [0.05, 0.1) is 29.7 Å². The smallest absolute Gasteiger partial charge is 0.333 e. The third-order valence-electron chi connectivity index (χ3n) is 8.47. The fraction of sp³-hybridized carbons (Fsp3) is 0.467. The average Bonchev–Trinajstić information content (AvgIpc) is 3.59. The van der Waals surface area contributed by atoms with Crippen LogP contribution in [0.3, 0.4) is 0 Å². The van der Waals surface area contributed by atoms with Crippen LogP contribution in [0, 0.1) is 18.7 Å². The number of fused-ring (bicyclic) bond motifs is 1. The van der Waals surface area contributed by atoms with Crippen LogP contribution >= 0.6 is 11.3 Å². The SMILES string of the molecule is COc1ccc(F)cc1[C@H](Cn1c(=O)n(C(C)(C)C(N)=O)c(=O)c2c(C)c(-c3ncco3)sc21)C[C@H]1CC[C@@H](O)CC1. The van der Waals surface area contributed by atoms with Crippen molar-refractivity contribution in [1.82, 2.24) is 14.1 Å². The van der Waals surface area contributed by atoms with Crippen molar-refractivity contribution in [2.24, 2.45) is 11.7 Å². The van der Waals surface area contributed by atoms with Gasteiger partial charge in [0.25, 0.3) is 5.56 Å². The van der Waals surface area contributed by atoms with Gasteiger partial charge in [-0.25, -0.2) is 18.7 Å². The molecular formula is C30H35FN4O6S. The molecule has 3 aromatic heterocycles. The van der Waals surface area contributed by atoms with Crippen molar-refractivity contribution < 1.29 is 23.4 Å². The molecule has 1 aromatic carbocycles. The Hall–Kier alpha value is -3.77. The monoisotopic (exact) mass is 598 g/mol. The van der Waals surface area contributed by atoms with Gasteiger partial charge in [-0.15, -0.1) is 11.3 Å². The Morgan fingerprint density at radius 1 is 1.29 bits per heavy atom. The van der Waals surface area contributed by atoms with Gasteiger partial charge in [0.1, 0.15) is 28.2 Å². The number of aryl methyl sites for hydroxylation is 1. The molecule has 3 N–H and O–H groups in total. The van der Waals surface area contributed by atoms with Crippen molar-refractivity contribution in [2.75, 3.05) is 7.11 Å². The second-order valence-corrected chi connectivity index (χ2v) is 12.5. The summed E-state index contributed by atoms with van der Waals surface area (Å²) in [6.45, 7) is 4.70. The van der Waals surface area contributed by atoms with E-state index in [2.05, 4.69) is 4.98 Å². The molecule has 1 amide bonds. The number of benzene rings is 1. The minimum atomic E-state index is -1.63. The van der Waals surface area contributed by atoms with E-state index in [4.69, 9.17) is 14.9 Å². The molecule has 5 rings (SSSR count). The molecule has 4 aromatic rings. The van der Waals surface area contributed by atoms with Crippen molar-refractivity contribution in [3.8, 4) is 16.5 Å². The summed E-state index contributed by atoms with van der Waals surface area (Å²) in [4.78, 5) is 45.9. The van der Waals surface area contributed by atoms with Gasteiger partial charge in [-0.1, -0.05) is 0 Å². The lowest BCUT2D eigenvalue weighted by Gasteiger charge is -2.30. The Balaban J connectivity index is 1.75. The van der Waals surface area contributed by atoms with E-state index >= 15 is 0 Å². The molecule has 0 saturated heterocycles. The molecular weight excluding hydrogens is 563 g/mol. The van der Waals surface area contributed by atoms with E-state index in [1.54, 1.807) is 13.0 Å². The van der Waals surface area contributed by atoms with Crippen LogP contribution in [0.5, 0.6) is 5.75 Å². The van der Waals surface area contributed by atoms with Gasteiger partial charge in [0.15, 0.2) is 0 Å². The van der Waals surface area contributed by atoms with Crippen LogP contribution in [0.15, 0.2) is 44.7 Å². The van der Waals surface area contributed by atoms with Crippen molar-refractivity contribution in [1.29, 1.82) is 0 Å². The van der Waals surface area contributed by atoms with Crippen LogP contribution in [0.25, 0.3) is 21.0 Å². The highest BCUT2D eigenvalue weighted by Gasteiger charge is 2.35. The predicted octanol–water partition coefficient (Wildman–Crippen LogP) is 4.28. The second-order valence-electron chi connectivity index (χ2n) is 11.5. The summed E-state index contributed by atoms with van der Waals surface area (Å²) in [6, 6.07) is 4.31. The van der Waals surface area contributed by atoms with E-state index in [1.807, 2.05) is 0 Å². The van der Waals surface area contributed by atoms with Gasteiger partial charge < -0.3 is 20.0 Å². The summed E-state index contributed by atoms with van der Waals surface area (Å²) < 4.78 is 28.2. The maximum absolute atomic E-state index is 14.7. The number of amides is 1. The number of carbonyl (C=O) groups excluding carboxylic acids is 1. The normalized spacial score (nSPS) is 18.3. The van der Waals surface area contributed by atoms with E-state index in [0.29, 0.717) is 51.7 Å². The quantitative estimate of drug-likeness (QED) is 0.293. The standard InChI is InChI=1S/C30H35FN4O6S/c1-16-23-26(37)35(30(2,3)28(32)38)29(39)34(27(23)42-24(16)25-33-11-12-41-25)15-18(13-17-5-8-20(36)9-6-17)21-14-19(31)7-10-22(21)40-4/h7,10-12,14,17-18,20,36H,5-6,8-9,13,15H2,1-4H3,(H2,32,38)/t17-,18-,20+/m0/s1. The number of primary amides is 1. The molecule has 1 aliphatic carbocycles. The Kier molecular flexibility index (Phi) is 8.13. The summed E-state index contributed by atoms with van der Waals surface area (Å²) in [5, 5.41) is 10.3. The lowest BCUT2D eigenvalue weighted by molar-refractivity contribution is -0.125. The molecule has 42 heavy (non-hydrogen) atoms. The summed E-state index contributed by atoms with van der Waals surface area (Å²) in [5.41, 5.74) is 3.88. The summed E-state index contributed by atoms with van der Waals surface area (Å²) in [7, 11) is 1.51. The molecule has 3 heterocycles. The number of aliphatic hydroxyl groups excluding tert-OH is 1. The second kappa shape index (κ2) is 11.5. The zero-order valence-electron chi connectivity index (χ0n) is 24.1. The highest BCUT2D eigenvalue weighted by Crippen LogP contribution is 2.40. The number of nitrogens with zero attached hydrogens (tertiary/aromatic N) is 3. The number of nitrogens with two attached hydrogens (primary N) is 1. The number of ether oxygens (including phenoxy) is 1. The Morgan fingerprint density at radius 3 is 2.62 bits per heavy atom. The van der Waals surface area contributed by atoms with Crippen LogP contribution in [-0.2, 0) is 16.9 Å². The van der Waals surface area contributed by atoms with Gasteiger partial charge in [0, 0.05) is 18.0 Å². The maximum Gasteiger partial charge on any atom is 0.333 e. The van der Waals surface area contributed by atoms with Crippen LogP contribution < -0.4 is 21.7 Å². The number of aliphatic hydroxyl groups is 1. The number of oxazole rings is 1. The van der Waals surface area contributed by atoms with Gasteiger partial charge in [-0.05, 0) is 82.6 Å². The average molecular weight is 599 g/mol.